The number of carbonyl (C=O) groups is 3. The number of nitrogens with one attached hydrogen (secondary N) is 1. The van der Waals surface area contributed by atoms with Crippen LogP contribution in [-0.4, -0.2) is 191 Å². The molecule has 4 heterocycles. The van der Waals surface area contributed by atoms with Gasteiger partial charge in [0, 0.05) is 68.7 Å². The molecule has 0 radical (unpaired) electrons. The average molecular weight is 1090 g/mol. The van der Waals surface area contributed by atoms with Gasteiger partial charge in [0.2, 0.25) is 5.43 Å². The number of ether oxygens (including phenoxy) is 8. The number of carboxylic acid groups (broad SMARTS) is 1. The summed E-state index contributed by atoms with van der Waals surface area (Å²) in [6.45, 7) is 18.4. The highest BCUT2D eigenvalue weighted by molar-refractivity contribution is 5.93. The Morgan fingerprint density at radius 3 is 2.26 bits per heavy atom. The molecule has 1 saturated carbocycles. The molecular formula is C56H89FN4O16. The summed E-state index contributed by atoms with van der Waals surface area (Å²) in [5, 5.41) is 48.9. The lowest BCUT2D eigenvalue weighted by Crippen LogP contribution is -2.60. The number of fused-ring (bicyclic) bond motifs is 1. The maximum atomic E-state index is 15.2. The molecule has 1 aromatic heterocycles. The molecule has 1 aromatic carbocycles. The number of aliphatic hydroxyl groups excluding tert-OH is 1. The SMILES string of the molecule is CC[C@H]1OC(=O)[C@H](C)[C@@H](O[C@H]2C[C@@](C)(OC)[C@@H](OC(=O)CCOCCNc3cc4c(cc3F)c(=O)c(C(=O)O)cn4C3CC3)[C@H](C)O2)[C@H](C)[C@@H](O[C@H]2C[C@@H](N(C)C)CC(C)O2)[C@](C)(O)C[C@@H](C)CN(C)[C@H](C)[C@@H](O)[C@]1(C)O. The molecule has 20 nitrogen and oxygen atoms in total. The van der Waals surface area contributed by atoms with Gasteiger partial charge in [0.15, 0.2) is 18.7 Å². The van der Waals surface area contributed by atoms with Crippen LogP contribution >= 0.6 is 0 Å². The third kappa shape index (κ3) is 14.7. The second-order valence-corrected chi connectivity index (χ2v) is 23.5. The van der Waals surface area contributed by atoms with E-state index >= 15 is 4.39 Å². The Labute approximate surface area is 453 Å². The smallest absolute Gasteiger partial charge is 0.341 e. The number of likely N-dealkylation sites (N-methyl/N-ethyl adjacent to an activating group) is 1. The van der Waals surface area contributed by atoms with Gasteiger partial charge in [-0.2, -0.15) is 0 Å². The third-order valence-corrected chi connectivity index (χ3v) is 16.7. The number of aliphatic hydroxyl groups is 3. The number of aromatic nitrogens is 1. The van der Waals surface area contributed by atoms with E-state index in [0.717, 1.165) is 25.3 Å². The minimum atomic E-state index is -1.85. The van der Waals surface area contributed by atoms with Crippen LogP contribution in [0.5, 0.6) is 0 Å². The highest BCUT2D eigenvalue weighted by atomic mass is 19.1. The van der Waals surface area contributed by atoms with E-state index in [2.05, 4.69) is 10.2 Å². The first kappa shape index (κ1) is 62.3. The van der Waals surface area contributed by atoms with Crippen molar-refractivity contribution in [3.63, 3.8) is 0 Å². The van der Waals surface area contributed by atoms with Crippen LogP contribution in [0.1, 0.15) is 137 Å². The normalized spacial score (nSPS) is 37.2. The monoisotopic (exact) mass is 1090 g/mol. The zero-order valence-corrected chi connectivity index (χ0v) is 47.8. The van der Waals surface area contributed by atoms with Crippen LogP contribution in [0.15, 0.2) is 23.1 Å². The van der Waals surface area contributed by atoms with Gasteiger partial charge >= 0.3 is 17.9 Å². The van der Waals surface area contributed by atoms with E-state index in [0.29, 0.717) is 18.5 Å². The number of cyclic esters (lactones) is 1. The fourth-order valence-electron chi connectivity index (χ4n) is 11.9. The number of hydrogen-bond acceptors (Lipinski definition) is 18. The van der Waals surface area contributed by atoms with Gasteiger partial charge in [-0.1, -0.05) is 20.8 Å². The Balaban J connectivity index is 1.16. The van der Waals surface area contributed by atoms with Gasteiger partial charge < -0.3 is 78.0 Å². The van der Waals surface area contributed by atoms with Crippen molar-refractivity contribution in [2.45, 2.75) is 211 Å². The predicted octanol–water partition coefficient (Wildman–Crippen LogP) is 5.49. The second-order valence-electron chi connectivity index (χ2n) is 23.5. The Kier molecular flexibility index (Phi) is 20.8. The summed E-state index contributed by atoms with van der Waals surface area (Å²) in [4.78, 5) is 56.7. The first-order chi connectivity index (χ1) is 36.0. The van der Waals surface area contributed by atoms with Crippen molar-refractivity contribution >= 4 is 34.5 Å². The van der Waals surface area contributed by atoms with Crippen LogP contribution in [0.3, 0.4) is 0 Å². The van der Waals surface area contributed by atoms with Gasteiger partial charge in [-0.3, -0.25) is 14.4 Å². The van der Waals surface area contributed by atoms with E-state index in [-0.39, 0.29) is 80.6 Å². The number of aromatic carboxylic acids is 1. The zero-order valence-electron chi connectivity index (χ0n) is 47.8. The van der Waals surface area contributed by atoms with Crippen molar-refractivity contribution in [3.05, 3.63) is 39.9 Å². The summed E-state index contributed by atoms with van der Waals surface area (Å²) in [7, 11) is 7.36. The molecule has 1 unspecified atom stereocenters. The summed E-state index contributed by atoms with van der Waals surface area (Å²) >= 11 is 0. The average Bonchev–Trinajstić information content (AvgIpc) is 4.20. The van der Waals surface area contributed by atoms with E-state index in [1.54, 1.807) is 46.1 Å². The number of anilines is 1. The third-order valence-electron chi connectivity index (χ3n) is 16.7. The molecule has 3 saturated heterocycles. The number of pyridine rings is 1. The molecule has 6 rings (SSSR count). The molecule has 0 spiro atoms. The van der Waals surface area contributed by atoms with Crippen molar-refractivity contribution in [3.8, 4) is 0 Å². The van der Waals surface area contributed by atoms with E-state index in [1.165, 1.54) is 26.3 Å². The molecule has 4 aliphatic rings. The molecule has 0 amide bonds. The number of carbonyl (C=O) groups excluding carboxylic acids is 2. The maximum absolute atomic E-state index is 15.2. The fourth-order valence-corrected chi connectivity index (χ4v) is 11.9. The highest BCUT2D eigenvalue weighted by Gasteiger charge is 2.53. The minimum Gasteiger partial charge on any atom is -0.477 e. The van der Waals surface area contributed by atoms with E-state index < -0.39 is 119 Å². The lowest BCUT2D eigenvalue weighted by molar-refractivity contribution is -0.310. The van der Waals surface area contributed by atoms with Crippen molar-refractivity contribution < 1.29 is 77.1 Å². The van der Waals surface area contributed by atoms with Crippen LogP contribution in [-0.2, 0) is 47.5 Å². The molecule has 3 aliphatic heterocycles. The Bertz CT molecular complexity index is 2400. The molecule has 77 heavy (non-hydrogen) atoms. The predicted molar refractivity (Wildman–Crippen MR) is 284 cm³/mol. The Hall–Kier alpha value is -3.87. The summed E-state index contributed by atoms with van der Waals surface area (Å²) in [5.74, 6) is -5.33. The summed E-state index contributed by atoms with van der Waals surface area (Å²) in [6, 6.07) is 2.14. The number of hydrogen-bond donors (Lipinski definition) is 5. The number of esters is 2. The standard InChI is InChI=1S/C56H89FN4O16/c1-15-43-56(10,69)49(64)34(6)60(13)28-30(2)26-54(8,68)50(77-45-23-37(59(11)12)22-31(3)72-45)32(4)48(33(5)53(67)74-43)76-46-27-55(9,70-14)51(35(7)73-46)75-44(62)18-20-71-21-19-58-41-25-42-38(24-40(41)57)47(63)39(52(65)66)29-61(42)36-16-17-36/h24-25,29-37,43,45-46,48-51,58,64,68-69H,15-23,26-28H2,1-14H3,(H,65,66)/t30-,31?,32+,33-,34-,35+,37+,43-,45+,46+,48+,49-,50-,51+,54-,55-,56-/m1/s1. The first-order valence-corrected chi connectivity index (χ1v) is 27.5. The number of halogens is 1. The van der Waals surface area contributed by atoms with Crippen LogP contribution in [0.4, 0.5) is 10.1 Å². The van der Waals surface area contributed by atoms with Gasteiger partial charge in [-0.05, 0) is 120 Å². The summed E-state index contributed by atoms with van der Waals surface area (Å²) in [6.07, 6.45) is -3.47. The Morgan fingerprint density at radius 1 is 0.948 bits per heavy atom. The summed E-state index contributed by atoms with van der Waals surface area (Å²) < 4.78 is 67.7. The number of benzene rings is 1. The van der Waals surface area contributed by atoms with Gasteiger partial charge in [-0.25, -0.2) is 9.18 Å². The second kappa shape index (κ2) is 25.7. The molecule has 17 atom stereocenters. The largest absolute Gasteiger partial charge is 0.477 e. The zero-order chi connectivity index (χ0) is 57.1. The first-order valence-electron chi connectivity index (χ1n) is 27.5. The molecule has 1 aliphatic carbocycles. The molecule has 21 heteroatoms. The number of rotatable bonds is 17. The van der Waals surface area contributed by atoms with Gasteiger partial charge in [0.05, 0.1) is 66.8 Å². The molecule has 2 aromatic rings. The van der Waals surface area contributed by atoms with Crippen molar-refractivity contribution in [2.75, 3.05) is 59.9 Å². The molecular weight excluding hydrogens is 1000 g/mol. The lowest BCUT2D eigenvalue weighted by Gasteiger charge is -2.48. The van der Waals surface area contributed by atoms with Crippen molar-refractivity contribution in [1.29, 1.82) is 0 Å². The van der Waals surface area contributed by atoms with E-state index in [9.17, 15) is 39.6 Å². The van der Waals surface area contributed by atoms with Crippen LogP contribution in [0.25, 0.3) is 10.9 Å². The lowest BCUT2D eigenvalue weighted by atomic mass is 9.77. The number of methoxy groups -OCH3 is 1. The van der Waals surface area contributed by atoms with Crippen LogP contribution in [0.2, 0.25) is 0 Å². The number of nitrogens with zero attached hydrogens (tertiary/aromatic N) is 3. The highest BCUT2D eigenvalue weighted by Crippen LogP contribution is 2.42. The molecule has 5 N–H and O–H groups in total. The van der Waals surface area contributed by atoms with Gasteiger partial charge in [0.1, 0.15) is 34.8 Å². The van der Waals surface area contributed by atoms with E-state index in [4.69, 9.17) is 37.9 Å². The van der Waals surface area contributed by atoms with Crippen LogP contribution < -0.4 is 10.7 Å². The Morgan fingerprint density at radius 2 is 1.64 bits per heavy atom. The fraction of sp³-hybridized carbons (Fsp3) is 0.786. The quantitative estimate of drug-likeness (QED) is 0.0971. The van der Waals surface area contributed by atoms with Gasteiger partial charge in [0.25, 0.3) is 0 Å². The molecule has 0 bridgehead atoms. The topological polar surface area (TPSA) is 246 Å². The van der Waals surface area contributed by atoms with Gasteiger partial charge in [-0.15, -0.1) is 0 Å². The molecule has 4 fully saturated rings. The minimum absolute atomic E-state index is 0.0153. The maximum Gasteiger partial charge on any atom is 0.341 e. The number of carboxylic acids is 1. The van der Waals surface area contributed by atoms with E-state index in [1.807, 2.05) is 46.8 Å². The molecule has 436 valence electrons. The summed E-state index contributed by atoms with van der Waals surface area (Å²) in [5.41, 5.74) is -5.18. The van der Waals surface area contributed by atoms with Crippen molar-refractivity contribution in [1.82, 2.24) is 14.4 Å². The van der Waals surface area contributed by atoms with Crippen molar-refractivity contribution in [2.24, 2.45) is 17.8 Å². The van der Waals surface area contributed by atoms with Crippen LogP contribution in [0, 0.1) is 23.6 Å².